The van der Waals surface area contributed by atoms with E-state index < -0.39 is 17.0 Å². The van der Waals surface area contributed by atoms with E-state index in [4.69, 9.17) is 10.5 Å². The Labute approximate surface area is 166 Å². The van der Waals surface area contributed by atoms with Crippen LogP contribution in [0.25, 0.3) is 0 Å². The van der Waals surface area contributed by atoms with Crippen LogP contribution in [0.1, 0.15) is 41.4 Å². The fourth-order valence-corrected chi connectivity index (χ4v) is 4.22. The Balaban J connectivity index is 1.83. The van der Waals surface area contributed by atoms with Crippen molar-refractivity contribution in [2.45, 2.75) is 45.4 Å². The molecule has 9 heteroatoms. The zero-order valence-corrected chi connectivity index (χ0v) is 16.8. The number of ether oxygens (including phenoxy) is 1. The molecule has 1 atom stereocenters. The number of carbonyl (C=O) groups excluding carboxylic acids is 1. The lowest BCUT2D eigenvalue weighted by atomic mass is 10.1. The lowest BCUT2D eigenvalue weighted by molar-refractivity contribution is 0.0652. The monoisotopic (exact) mass is 406 g/mol. The number of nitrogens with zero attached hydrogens (tertiary/aromatic N) is 2. The molecule has 0 spiro atoms. The fraction of sp³-hybridized carbons (Fsp3) is 0.526. The van der Waals surface area contributed by atoms with Crippen molar-refractivity contribution in [1.82, 2.24) is 14.5 Å². The molecule has 2 aromatic heterocycles. The van der Waals surface area contributed by atoms with Gasteiger partial charge in [0.25, 0.3) is 5.56 Å². The topological polar surface area (TPSA) is 110 Å². The highest BCUT2D eigenvalue weighted by Crippen LogP contribution is 2.18. The first-order valence-electron chi connectivity index (χ1n) is 9.51. The van der Waals surface area contributed by atoms with Crippen LogP contribution in [0.3, 0.4) is 0 Å². The van der Waals surface area contributed by atoms with E-state index in [0.29, 0.717) is 26.1 Å². The number of rotatable bonds is 9. The lowest BCUT2D eigenvalue weighted by Crippen LogP contribution is -2.40. The first kappa shape index (κ1) is 20.5. The van der Waals surface area contributed by atoms with E-state index in [2.05, 4.69) is 4.98 Å². The van der Waals surface area contributed by atoms with Gasteiger partial charge in [-0.15, -0.1) is 11.3 Å². The molecule has 3 N–H and O–H groups in total. The van der Waals surface area contributed by atoms with Crippen LogP contribution in [-0.4, -0.2) is 46.0 Å². The number of aromatic nitrogens is 2. The zero-order chi connectivity index (χ0) is 20.1. The molecule has 3 heterocycles. The van der Waals surface area contributed by atoms with Gasteiger partial charge in [0, 0.05) is 31.1 Å². The SMILES string of the molecule is CCCn1c(N)c(C(=O)CN(Cc2cccs2)CC2CCCO2)c(=O)[nH]c1=O. The maximum Gasteiger partial charge on any atom is 0.329 e. The molecular weight excluding hydrogens is 380 g/mol. The number of aromatic amines is 1. The van der Waals surface area contributed by atoms with Gasteiger partial charge in [-0.3, -0.25) is 24.0 Å². The van der Waals surface area contributed by atoms with E-state index in [0.717, 1.165) is 24.3 Å². The summed E-state index contributed by atoms with van der Waals surface area (Å²) in [6.07, 6.45) is 2.71. The van der Waals surface area contributed by atoms with Gasteiger partial charge >= 0.3 is 5.69 Å². The Morgan fingerprint density at radius 2 is 2.29 bits per heavy atom. The van der Waals surface area contributed by atoms with E-state index in [9.17, 15) is 14.4 Å². The van der Waals surface area contributed by atoms with Gasteiger partial charge in [-0.1, -0.05) is 13.0 Å². The zero-order valence-electron chi connectivity index (χ0n) is 16.0. The summed E-state index contributed by atoms with van der Waals surface area (Å²) in [6, 6.07) is 3.98. The normalized spacial score (nSPS) is 16.7. The molecule has 1 aliphatic rings. The van der Waals surface area contributed by atoms with Crippen LogP contribution in [0.5, 0.6) is 0 Å². The summed E-state index contributed by atoms with van der Waals surface area (Å²) in [6.45, 7) is 4.21. The molecule has 28 heavy (non-hydrogen) atoms. The van der Waals surface area contributed by atoms with Gasteiger partial charge in [0.05, 0.1) is 12.6 Å². The minimum Gasteiger partial charge on any atom is -0.384 e. The first-order chi connectivity index (χ1) is 13.5. The molecule has 1 fully saturated rings. The van der Waals surface area contributed by atoms with Crippen molar-refractivity contribution < 1.29 is 9.53 Å². The molecule has 0 aromatic carbocycles. The first-order valence-corrected chi connectivity index (χ1v) is 10.4. The number of nitrogens with one attached hydrogen (secondary N) is 1. The van der Waals surface area contributed by atoms with Crippen LogP contribution in [0.4, 0.5) is 5.82 Å². The number of Topliss-reactive ketones (excluding diaryl/α,β-unsaturated/α-hetero) is 1. The summed E-state index contributed by atoms with van der Waals surface area (Å²) >= 11 is 1.62. The molecule has 1 unspecified atom stereocenters. The third-order valence-electron chi connectivity index (χ3n) is 4.78. The van der Waals surface area contributed by atoms with Crippen LogP contribution in [0.15, 0.2) is 27.1 Å². The highest BCUT2D eigenvalue weighted by Gasteiger charge is 2.25. The number of hydrogen-bond acceptors (Lipinski definition) is 7. The molecule has 8 nitrogen and oxygen atoms in total. The molecule has 0 amide bonds. The van der Waals surface area contributed by atoms with Crippen LogP contribution >= 0.6 is 11.3 Å². The maximum atomic E-state index is 13.0. The summed E-state index contributed by atoms with van der Waals surface area (Å²) in [5, 5.41) is 1.99. The van der Waals surface area contributed by atoms with E-state index in [1.54, 1.807) is 11.3 Å². The average molecular weight is 407 g/mol. The molecule has 2 aromatic rings. The van der Waals surface area contributed by atoms with Crippen molar-refractivity contribution in [2.75, 3.05) is 25.4 Å². The van der Waals surface area contributed by atoms with Gasteiger partial charge in [-0.2, -0.15) is 0 Å². The lowest BCUT2D eigenvalue weighted by Gasteiger charge is -2.24. The summed E-state index contributed by atoms with van der Waals surface area (Å²) in [5.41, 5.74) is 4.57. The predicted molar refractivity (Wildman–Crippen MR) is 109 cm³/mol. The second-order valence-corrected chi connectivity index (χ2v) is 8.01. The largest absolute Gasteiger partial charge is 0.384 e. The number of nitrogens with two attached hydrogens (primary N) is 1. The Bertz CT molecular complexity index is 913. The van der Waals surface area contributed by atoms with Gasteiger partial charge in [-0.25, -0.2) is 4.79 Å². The number of carbonyl (C=O) groups is 1. The molecule has 1 aliphatic heterocycles. The number of hydrogen-bond donors (Lipinski definition) is 2. The Morgan fingerprint density at radius 3 is 2.93 bits per heavy atom. The van der Waals surface area contributed by atoms with Gasteiger partial charge in [0.15, 0.2) is 5.78 Å². The second-order valence-electron chi connectivity index (χ2n) is 6.98. The predicted octanol–water partition coefficient (Wildman–Crippen LogP) is 1.45. The van der Waals surface area contributed by atoms with Crippen LogP contribution in [0, 0.1) is 0 Å². The number of ketones is 1. The highest BCUT2D eigenvalue weighted by molar-refractivity contribution is 7.09. The van der Waals surface area contributed by atoms with E-state index in [1.165, 1.54) is 4.57 Å². The fourth-order valence-electron chi connectivity index (χ4n) is 3.47. The van der Waals surface area contributed by atoms with Crippen molar-refractivity contribution in [3.05, 3.63) is 48.8 Å². The summed E-state index contributed by atoms with van der Waals surface area (Å²) < 4.78 is 6.96. The van der Waals surface area contributed by atoms with Gasteiger partial charge in [-0.05, 0) is 30.7 Å². The van der Waals surface area contributed by atoms with E-state index in [-0.39, 0.29) is 24.0 Å². The molecule has 0 bridgehead atoms. The van der Waals surface area contributed by atoms with Gasteiger partial charge < -0.3 is 10.5 Å². The second kappa shape index (κ2) is 9.31. The van der Waals surface area contributed by atoms with Crippen molar-refractivity contribution in [2.24, 2.45) is 0 Å². The Hall–Kier alpha value is -2.23. The van der Waals surface area contributed by atoms with Gasteiger partial charge in [0.1, 0.15) is 11.4 Å². The number of H-pyrrole nitrogens is 1. The molecule has 0 aliphatic carbocycles. The van der Waals surface area contributed by atoms with Crippen molar-refractivity contribution >= 4 is 22.9 Å². The number of thiophene rings is 1. The summed E-state index contributed by atoms with van der Waals surface area (Å²) in [4.78, 5) is 42.6. The third-order valence-corrected chi connectivity index (χ3v) is 5.64. The number of nitrogen functional groups attached to an aromatic ring is 1. The smallest absolute Gasteiger partial charge is 0.329 e. The molecule has 152 valence electrons. The van der Waals surface area contributed by atoms with Crippen molar-refractivity contribution in [1.29, 1.82) is 0 Å². The van der Waals surface area contributed by atoms with E-state index >= 15 is 0 Å². The molecule has 0 saturated carbocycles. The van der Waals surface area contributed by atoms with Crippen LogP contribution in [-0.2, 0) is 17.8 Å². The Morgan fingerprint density at radius 1 is 1.46 bits per heavy atom. The van der Waals surface area contributed by atoms with Crippen molar-refractivity contribution in [3.63, 3.8) is 0 Å². The van der Waals surface area contributed by atoms with Crippen LogP contribution in [0.2, 0.25) is 0 Å². The standard InChI is InChI=1S/C19H26N4O4S/c1-2-7-23-17(20)16(18(25)21-19(23)26)15(24)12-22(10-13-5-3-8-27-13)11-14-6-4-9-28-14/h4,6,9,13H,2-3,5,7-8,10-12,20H2,1H3,(H,21,25,26). The number of anilines is 1. The molecular formula is C19H26N4O4S. The Kier molecular flexibility index (Phi) is 6.82. The maximum absolute atomic E-state index is 13.0. The molecule has 0 radical (unpaired) electrons. The highest BCUT2D eigenvalue weighted by atomic mass is 32.1. The minimum atomic E-state index is -0.729. The summed E-state index contributed by atoms with van der Waals surface area (Å²) in [7, 11) is 0. The van der Waals surface area contributed by atoms with E-state index in [1.807, 2.05) is 29.3 Å². The van der Waals surface area contributed by atoms with Crippen molar-refractivity contribution in [3.8, 4) is 0 Å². The van der Waals surface area contributed by atoms with Crippen LogP contribution < -0.4 is 17.0 Å². The summed E-state index contributed by atoms with van der Waals surface area (Å²) in [5.74, 6) is -0.452. The minimum absolute atomic E-state index is 0.0371. The third kappa shape index (κ3) is 4.78. The quantitative estimate of drug-likeness (QED) is 0.610. The average Bonchev–Trinajstić information content (AvgIpc) is 3.32. The van der Waals surface area contributed by atoms with Gasteiger partial charge in [0.2, 0.25) is 0 Å². The molecule has 1 saturated heterocycles. The molecule has 3 rings (SSSR count).